The number of para-hydroxylation sites is 1. The lowest BCUT2D eigenvalue weighted by Gasteiger charge is -2.12. The Morgan fingerprint density at radius 1 is 0.476 bits per heavy atom. The summed E-state index contributed by atoms with van der Waals surface area (Å²) in [5.74, 6) is 1.58. The molecule has 6 aromatic carbocycles. The third-order valence-corrected chi connectivity index (χ3v) is 9.40. The Morgan fingerprint density at radius 2 is 1.19 bits per heavy atom. The van der Waals surface area contributed by atoms with Crippen molar-refractivity contribution in [3.63, 3.8) is 0 Å². The van der Waals surface area contributed by atoms with Crippen LogP contribution in [0.3, 0.4) is 0 Å². The van der Waals surface area contributed by atoms with E-state index >= 15 is 0 Å². The normalized spacial score (nSPS) is 11.8. The van der Waals surface area contributed by atoms with E-state index in [4.69, 9.17) is 9.97 Å². The lowest BCUT2D eigenvalue weighted by Crippen LogP contribution is -2.02. The second-order valence-corrected chi connectivity index (χ2v) is 11.7. The molecule has 0 saturated carbocycles. The van der Waals surface area contributed by atoms with Gasteiger partial charge in [0.1, 0.15) is 5.82 Å². The molecule has 42 heavy (non-hydrogen) atoms. The molecule has 0 unspecified atom stereocenters. The van der Waals surface area contributed by atoms with Gasteiger partial charge in [0.2, 0.25) is 0 Å². The van der Waals surface area contributed by atoms with E-state index < -0.39 is 0 Å². The topological polar surface area (TPSA) is 30.7 Å². The van der Waals surface area contributed by atoms with Gasteiger partial charge in [-0.3, -0.25) is 4.57 Å². The van der Waals surface area contributed by atoms with Crippen molar-refractivity contribution in [1.82, 2.24) is 14.5 Å². The molecule has 0 atom stereocenters. The van der Waals surface area contributed by atoms with E-state index in [0.29, 0.717) is 5.82 Å². The minimum absolute atomic E-state index is 0.715. The van der Waals surface area contributed by atoms with Crippen LogP contribution < -0.4 is 0 Å². The van der Waals surface area contributed by atoms with E-state index in [2.05, 4.69) is 120 Å². The Bertz CT molecular complexity index is 2400. The zero-order valence-corrected chi connectivity index (χ0v) is 23.3. The van der Waals surface area contributed by atoms with Crippen molar-refractivity contribution < 1.29 is 0 Å². The fraction of sp³-hybridized carbons (Fsp3) is 0. The minimum atomic E-state index is 0.715. The van der Waals surface area contributed by atoms with E-state index in [9.17, 15) is 0 Å². The first kappa shape index (κ1) is 23.4. The van der Waals surface area contributed by atoms with Crippen molar-refractivity contribution in [2.75, 3.05) is 0 Å². The highest BCUT2D eigenvalue weighted by Gasteiger charge is 2.18. The number of hydrogen-bond acceptors (Lipinski definition) is 3. The average molecular weight is 554 g/mol. The molecule has 3 heterocycles. The monoisotopic (exact) mass is 553 g/mol. The van der Waals surface area contributed by atoms with Crippen LogP contribution in [0.25, 0.3) is 81.2 Å². The van der Waals surface area contributed by atoms with Crippen LogP contribution in [0.2, 0.25) is 0 Å². The number of rotatable bonds is 3. The van der Waals surface area contributed by atoms with Crippen molar-refractivity contribution >= 4 is 64.1 Å². The molecule has 3 aromatic heterocycles. The van der Waals surface area contributed by atoms with E-state index in [1.54, 1.807) is 0 Å². The molecular weight excluding hydrogens is 531 g/mol. The fourth-order valence-corrected chi connectivity index (χ4v) is 7.49. The summed E-state index contributed by atoms with van der Waals surface area (Å²) in [5.41, 5.74) is 5.25. The smallest absolute Gasteiger partial charge is 0.162 e. The zero-order valence-electron chi connectivity index (χ0n) is 22.5. The van der Waals surface area contributed by atoms with E-state index in [0.717, 1.165) is 33.7 Å². The third-order valence-electron chi connectivity index (χ3n) is 8.20. The van der Waals surface area contributed by atoms with Crippen molar-refractivity contribution in [2.24, 2.45) is 0 Å². The lowest BCUT2D eigenvalue weighted by molar-refractivity contribution is 1.05. The van der Waals surface area contributed by atoms with Gasteiger partial charge in [0.25, 0.3) is 0 Å². The predicted octanol–water partition coefficient (Wildman–Crippen LogP) is 10.4. The molecule has 9 rings (SSSR count). The number of hydrogen-bond donors (Lipinski definition) is 0. The van der Waals surface area contributed by atoms with Crippen molar-refractivity contribution in [2.45, 2.75) is 0 Å². The van der Waals surface area contributed by atoms with Gasteiger partial charge in [-0.1, -0.05) is 115 Å². The highest BCUT2D eigenvalue weighted by molar-refractivity contribution is 7.26. The van der Waals surface area contributed by atoms with Crippen LogP contribution in [0.4, 0.5) is 0 Å². The van der Waals surface area contributed by atoms with Crippen LogP contribution in [0.1, 0.15) is 0 Å². The molecule has 4 heteroatoms. The van der Waals surface area contributed by atoms with Gasteiger partial charge in [-0.25, -0.2) is 9.97 Å². The Balaban J connectivity index is 1.38. The number of aromatic nitrogens is 3. The number of benzene rings is 6. The van der Waals surface area contributed by atoms with Gasteiger partial charge in [-0.15, -0.1) is 11.3 Å². The van der Waals surface area contributed by atoms with Crippen LogP contribution in [0.5, 0.6) is 0 Å². The number of fused-ring (bicyclic) bond motifs is 8. The number of thiophene rings is 1. The third kappa shape index (κ3) is 3.52. The van der Waals surface area contributed by atoms with E-state index in [-0.39, 0.29) is 0 Å². The van der Waals surface area contributed by atoms with Gasteiger partial charge in [0, 0.05) is 48.1 Å². The first-order valence-electron chi connectivity index (χ1n) is 14.1. The summed E-state index contributed by atoms with van der Waals surface area (Å²) < 4.78 is 4.93. The number of nitrogens with zero attached hydrogens (tertiary/aromatic N) is 3. The van der Waals surface area contributed by atoms with Crippen molar-refractivity contribution in [1.29, 1.82) is 0 Å². The maximum Gasteiger partial charge on any atom is 0.162 e. The van der Waals surface area contributed by atoms with Crippen molar-refractivity contribution in [3.05, 3.63) is 140 Å². The van der Waals surface area contributed by atoms with Gasteiger partial charge in [-0.2, -0.15) is 0 Å². The zero-order chi connectivity index (χ0) is 27.6. The summed E-state index contributed by atoms with van der Waals surface area (Å²) in [7, 11) is 0. The molecule has 196 valence electrons. The maximum absolute atomic E-state index is 5.19. The molecule has 3 nitrogen and oxygen atoms in total. The van der Waals surface area contributed by atoms with Gasteiger partial charge in [0.15, 0.2) is 5.82 Å². The molecule has 0 fully saturated rings. The molecule has 0 aliphatic heterocycles. The van der Waals surface area contributed by atoms with Crippen LogP contribution in [-0.4, -0.2) is 14.5 Å². The molecule has 0 radical (unpaired) electrons. The van der Waals surface area contributed by atoms with Crippen molar-refractivity contribution in [3.8, 4) is 28.5 Å². The second-order valence-electron chi connectivity index (χ2n) is 10.7. The first-order valence-corrected chi connectivity index (χ1v) is 14.9. The molecule has 0 spiro atoms. The molecule has 0 amide bonds. The summed E-state index contributed by atoms with van der Waals surface area (Å²) in [6.45, 7) is 0. The Hall–Kier alpha value is -5.32. The molecule has 0 N–H and O–H groups in total. The maximum atomic E-state index is 5.19. The molecule has 0 aliphatic rings. The summed E-state index contributed by atoms with van der Waals surface area (Å²) in [6, 6.07) is 49.3. The van der Waals surface area contributed by atoms with Crippen LogP contribution in [-0.2, 0) is 0 Å². The molecule has 9 aromatic rings. The first-order chi connectivity index (χ1) is 20.8. The van der Waals surface area contributed by atoms with Gasteiger partial charge in [-0.05, 0) is 29.0 Å². The molecular formula is C38H23N3S. The predicted molar refractivity (Wildman–Crippen MR) is 178 cm³/mol. The largest absolute Gasteiger partial charge is 0.294 e. The summed E-state index contributed by atoms with van der Waals surface area (Å²) in [6.07, 6.45) is 0. The van der Waals surface area contributed by atoms with Gasteiger partial charge >= 0.3 is 0 Å². The van der Waals surface area contributed by atoms with Gasteiger partial charge < -0.3 is 0 Å². The lowest BCUT2D eigenvalue weighted by atomic mass is 10.0. The highest BCUT2D eigenvalue weighted by Crippen LogP contribution is 2.43. The SMILES string of the molecule is c1ccc(-c2cc(-n3c4ccccc4c4cc5c(cc43)sc3c4ccccc4ccc53)nc(-c3ccccc3)n2)cc1. The second kappa shape index (κ2) is 9.10. The fourth-order valence-electron chi connectivity index (χ4n) is 6.23. The molecule has 0 bridgehead atoms. The summed E-state index contributed by atoms with van der Waals surface area (Å²) >= 11 is 1.87. The van der Waals surface area contributed by atoms with Crippen LogP contribution >= 0.6 is 11.3 Å². The van der Waals surface area contributed by atoms with E-state index in [1.165, 1.54) is 41.7 Å². The van der Waals surface area contributed by atoms with Crippen LogP contribution in [0.15, 0.2) is 140 Å². The summed E-state index contributed by atoms with van der Waals surface area (Å²) in [4.78, 5) is 10.2. The average Bonchev–Trinajstić information content (AvgIpc) is 3.59. The summed E-state index contributed by atoms with van der Waals surface area (Å²) in [5, 5.41) is 7.65. The minimum Gasteiger partial charge on any atom is -0.294 e. The van der Waals surface area contributed by atoms with Gasteiger partial charge in [0.05, 0.1) is 16.7 Å². The quantitative estimate of drug-likeness (QED) is 0.218. The Kier molecular flexibility index (Phi) is 5.07. The van der Waals surface area contributed by atoms with E-state index in [1.807, 2.05) is 35.6 Å². The standard InChI is InChI=1S/C38H23N3S/c1-3-12-25(13-4-1)32-22-36(40-38(39-32)26-14-5-2-6-15-26)41-33-18-10-9-17-28(33)30-21-31-29-20-19-24-11-7-8-16-27(24)37(29)42-35(31)23-34(30)41/h1-23H. The van der Waals surface area contributed by atoms with Crippen LogP contribution in [0, 0.1) is 0 Å². The Labute approximate surface area is 246 Å². The molecule has 0 saturated heterocycles. The highest BCUT2D eigenvalue weighted by atomic mass is 32.1. The molecule has 0 aliphatic carbocycles. The Morgan fingerprint density at radius 3 is 2.02 bits per heavy atom.